The molecule has 3 fully saturated rings. The first-order valence-corrected chi connectivity index (χ1v) is 18.6. The second-order valence-corrected chi connectivity index (χ2v) is 14.7. The number of aromatic amines is 1. The highest BCUT2D eigenvalue weighted by atomic mass is 19.1. The number of aliphatic hydroxyl groups is 1. The number of aromatic nitrogens is 5. The van der Waals surface area contributed by atoms with Crippen molar-refractivity contribution in [1.29, 1.82) is 0 Å². The lowest BCUT2D eigenvalue weighted by Gasteiger charge is -2.38. The Labute approximate surface area is 321 Å². The second-order valence-electron chi connectivity index (χ2n) is 14.7. The van der Waals surface area contributed by atoms with Crippen LogP contribution in [0.2, 0.25) is 0 Å². The molecule has 3 aliphatic heterocycles. The third kappa shape index (κ3) is 6.21. The molecule has 2 aromatic carbocycles. The number of H-pyrrole nitrogens is 1. The number of nitrogens with one attached hydrogen (secondary N) is 1. The van der Waals surface area contributed by atoms with E-state index in [0.29, 0.717) is 30.8 Å². The Balaban J connectivity index is 1.03. The van der Waals surface area contributed by atoms with Crippen LogP contribution in [0.3, 0.4) is 0 Å². The number of pyridine rings is 1. The number of carbonyl (C=O) groups is 2. The average Bonchev–Trinajstić information content (AvgIpc) is 3.73. The third-order valence-electron chi connectivity index (χ3n) is 11.2. The summed E-state index contributed by atoms with van der Waals surface area (Å²) in [6.45, 7) is 1.36. The van der Waals surface area contributed by atoms with Crippen molar-refractivity contribution >= 4 is 57.0 Å². The van der Waals surface area contributed by atoms with Crippen molar-refractivity contribution < 1.29 is 38.1 Å². The number of fused-ring (bicyclic) bond motifs is 4. The van der Waals surface area contributed by atoms with Crippen molar-refractivity contribution in [3.8, 4) is 5.75 Å². The number of methoxy groups -OCH3 is 1. The van der Waals surface area contributed by atoms with E-state index in [2.05, 4.69) is 24.8 Å². The van der Waals surface area contributed by atoms with Crippen LogP contribution >= 0.6 is 0 Å². The summed E-state index contributed by atoms with van der Waals surface area (Å²) in [5.74, 6) is -3.17. The Morgan fingerprint density at radius 2 is 1.95 bits per heavy atom. The molecule has 9 rings (SSSR count). The number of likely N-dealkylation sites (tertiary alicyclic amines) is 1. The molecule has 5 aromatic rings. The normalized spacial score (nSPS) is 20.3. The highest BCUT2D eigenvalue weighted by molar-refractivity contribution is 6.54. The molecule has 0 spiro atoms. The molecule has 0 bridgehead atoms. The molecular formula is C38H37F2N9O8. The maximum atomic E-state index is 16.3. The number of aliphatic hydroxyl groups excluding tert-OH is 1. The molecule has 3 aromatic heterocycles. The van der Waals surface area contributed by atoms with Gasteiger partial charge in [-0.15, -0.1) is 0 Å². The molecule has 2 saturated heterocycles. The zero-order chi connectivity index (χ0) is 39.7. The molecule has 17 nitrogen and oxygen atoms in total. The van der Waals surface area contributed by atoms with Crippen LogP contribution in [0.25, 0.3) is 22.1 Å². The number of aromatic carboxylic acids is 1. The number of halogens is 2. The van der Waals surface area contributed by atoms with Gasteiger partial charge in [-0.3, -0.25) is 33.7 Å². The zero-order valence-corrected chi connectivity index (χ0v) is 30.7. The number of piperidine rings is 1. The number of ether oxygens (including phenoxy) is 2. The Bertz CT molecular complexity index is 2640. The number of aliphatic imine (C=N–C) groups is 1. The van der Waals surface area contributed by atoms with Crippen LogP contribution in [0.4, 0.5) is 26.1 Å². The highest BCUT2D eigenvalue weighted by Crippen LogP contribution is 2.46. The van der Waals surface area contributed by atoms with E-state index in [1.165, 1.54) is 47.3 Å². The van der Waals surface area contributed by atoms with E-state index in [4.69, 9.17) is 14.6 Å². The first kappa shape index (κ1) is 36.6. The largest absolute Gasteiger partial charge is 0.492 e. The van der Waals surface area contributed by atoms with Gasteiger partial charge in [0.2, 0.25) is 11.4 Å². The number of hydrogen-bond acceptors (Lipinski definition) is 12. The Hall–Kier alpha value is -6.05. The van der Waals surface area contributed by atoms with Gasteiger partial charge >= 0.3 is 5.97 Å². The first-order chi connectivity index (χ1) is 27.6. The third-order valence-corrected chi connectivity index (χ3v) is 11.2. The van der Waals surface area contributed by atoms with Crippen LogP contribution in [-0.4, -0.2) is 109 Å². The van der Waals surface area contributed by atoms with Gasteiger partial charge in [-0.2, -0.15) is 4.98 Å². The van der Waals surface area contributed by atoms with Gasteiger partial charge in [-0.1, -0.05) is 0 Å². The summed E-state index contributed by atoms with van der Waals surface area (Å²) in [5, 5.41) is 18.7. The maximum Gasteiger partial charge on any atom is 0.341 e. The second kappa shape index (κ2) is 14.2. The minimum absolute atomic E-state index is 0.0217. The lowest BCUT2D eigenvalue weighted by atomic mass is 9.92. The standard InChI is InChI=1S/C38H37F2N9O8/c1-56-33-30-23(32(51)24(37(54)55)14-48(30)21-5-6-21)12-25(40)31(33)46-13-19-3-2-8-45(27(19)15-46)17-49-26-7-4-20(39)11-22(26)28(36(49)53)42-38-43-34-29(35(52)44-38)41-16-47(34)18-57-10-9-50/h4,7,11-12,14,16,19,21,27,50H,2-3,5-6,8-10,13,15,17-18H2,1H3,(H,54,55)(H,43,44,52). The van der Waals surface area contributed by atoms with E-state index in [9.17, 15) is 28.7 Å². The van der Waals surface area contributed by atoms with Crippen LogP contribution < -0.4 is 25.5 Å². The van der Waals surface area contributed by atoms with Crippen molar-refractivity contribution in [2.75, 3.05) is 56.4 Å². The fraction of sp³-hybridized carbons (Fsp3) is 0.395. The summed E-state index contributed by atoms with van der Waals surface area (Å²) < 4.78 is 45.4. The lowest BCUT2D eigenvalue weighted by molar-refractivity contribution is -0.112. The van der Waals surface area contributed by atoms with E-state index >= 15 is 4.39 Å². The van der Waals surface area contributed by atoms with Crippen LogP contribution in [0.5, 0.6) is 5.75 Å². The predicted octanol–water partition coefficient (Wildman–Crippen LogP) is 2.75. The summed E-state index contributed by atoms with van der Waals surface area (Å²) in [6.07, 6.45) is 5.89. The number of nitrogens with zero attached hydrogens (tertiary/aromatic N) is 8. The van der Waals surface area contributed by atoms with Gasteiger partial charge < -0.3 is 29.2 Å². The van der Waals surface area contributed by atoms with Gasteiger partial charge in [-0.25, -0.2) is 23.6 Å². The predicted molar refractivity (Wildman–Crippen MR) is 202 cm³/mol. The first-order valence-electron chi connectivity index (χ1n) is 18.6. The monoisotopic (exact) mass is 785 g/mol. The Morgan fingerprint density at radius 3 is 2.70 bits per heavy atom. The molecular weight excluding hydrogens is 748 g/mol. The molecule has 296 valence electrons. The van der Waals surface area contributed by atoms with Gasteiger partial charge in [0.1, 0.15) is 29.5 Å². The number of amides is 1. The number of carboxylic acid groups (broad SMARTS) is 1. The van der Waals surface area contributed by atoms with Gasteiger partial charge in [-0.05, 0) is 55.9 Å². The molecule has 57 heavy (non-hydrogen) atoms. The average molecular weight is 786 g/mol. The fourth-order valence-electron chi connectivity index (χ4n) is 8.50. The van der Waals surface area contributed by atoms with Crippen LogP contribution in [0.1, 0.15) is 47.6 Å². The SMILES string of the molecule is COc1c(N2CC3CCCN(CN4C(=O)C(=Nc5nc6c(ncn6COCCO)c(=O)[nH]5)c5cc(F)ccc54)C3C2)c(F)cc2c(=O)c(C(=O)O)cn(C3CC3)c12. The van der Waals surface area contributed by atoms with Crippen LogP contribution in [0.15, 0.2) is 51.4 Å². The van der Waals surface area contributed by atoms with Crippen LogP contribution in [0, 0.1) is 17.6 Å². The van der Waals surface area contributed by atoms with E-state index in [1.807, 2.05) is 4.90 Å². The van der Waals surface area contributed by atoms with Gasteiger partial charge in [0.25, 0.3) is 11.5 Å². The van der Waals surface area contributed by atoms with Crippen molar-refractivity contribution in [1.82, 2.24) is 29.0 Å². The highest BCUT2D eigenvalue weighted by Gasteiger charge is 2.44. The summed E-state index contributed by atoms with van der Waals surface area (Å²) in [4.78, 5) is 73.4. The maximum absolute atomic E-state index is 16.3. The zero-order valence-electron chi connectivity index (χ0n) is 30.7. The summed E-state index contributed by atoms with van der Waals surface area (Å²) >= 11 is 0. The lowest BCUT2D eigenvalue weighted by Crippen LogP contribution is -2.51. The number of hydrogen-bond donors (Lipinski definition) is 3. The molecule has 1 saturated carbocycles. The Morgan fingerprint density at radius 1 is 1.12 bits per heavy atom. The minimum Gasteiger partial charge on any atom is -0.492 e. The quantitative estimate of drug-likeness (QED) is 0.166. The van der Waals surface area contributed by atoms with Crippen molar-refractivity contribution in [2.45, 2.75) is 44.5 Å². The molecule has 3 N–H and O–H groups in total. The van der Waals surface area contributed by atoms with E-state index in [-0.39, 0.29) is 89.8 Å². The minimum atomic E-state index is -1.39. The van der Waals surface area contributed by atoms with Crippen molar-refractivity contribution in [3.63, 3.8) is 0 Å². The fourth-order valence-corrected chi connectivity index (χ4v) is 8.50. The van der Waals surface area contributed by atoms with E-state index in [0.717, 1.165) is 31.7 Å². The van der Waals surface area contributed by atoms with E-state index < -0.39 is 40.1 Å². The summed E-state index contributed by atoms with van der Waals surface area (Å²) in [7, 11) is 1.41. The van der Waals surface area contributed by atoms with Crippen molar-refractivity contribution in [3.05, 3.63) is 80.1 Å². The number of rotatable bonds is 11. The van der Waals surface area contributed by atoms with Crippen molar-refractivity contribution in [2.24, 2.45) is 10.9 Å². The van der Waals surface area contributed by atoms with Gasteiger partial charge in [0, 0.05) is 43.5 Å². The van der Waals surface area contributed by atoms with Gasteiger partial charge in [0.05, 0.1) is 49.9 Å². The number of benzene rings is 2. The molecule has 1 amide bonds. The number of carbonyl (C=O) groups excluding carboxylic acids is 1. The molecule has 6 heterocycles. The number of anilines is 2. The number of carboxylic acids is 1. The molecule has 0 radical (unpaired) electrons. The molecule has 19 heteroatoms. The number of imidazole rings is 1. The van der Waals surface area contributed by atoms with Gasteiger partial charge in [0.15, 0.2) is 22.7 Å². The molecule has 2 unspecified atom stereocenters. The topological polar surface area (TPSA) is 201 Å². The summed E-state index contributed by atoms with van der Waals surface area (Å²) in [6, 6.07) is 4.90. The van der Waals surface area contributed by atoms with E-state index in [1.54, 1.807) is 4.57 Å². The smallest absolute Gasteiger partial charge is 0.341 e. The Kier molecular flexibility index (Phi) is 9.08. The molecule has 1 aliphatic carbocycles. The van der Waals surface area contributed by atoms with Crippen LogP contribution in [-0.2, 0) is 16.3 Å². The molecule has 2 atom stereocenters. The summed E-state index contributed by atoms with van der Waals surface area (Å²) in [5.41, 5.74) is -0.593. The molecule has 4 aliphatic rings.